The Balaban J connectivity index is 1.74. The van der Waals surface area contributed by atoms with Gasteiger partial charge in [-0.3, -0.25) is 0 Å². The Labute approximate surface area is 159 Å². The van der Waals surface area contributed by atoms with Crippen molar-refractivity contribution < 1.29 is 18.7 Å². The first-order chi connectivity index (χ1) is 12.5. The number of ether oxygens (including phenoxy) is 2. The fourth-order valence-electron chi connectivity index (χ4n) is 2.18. The summed E-state index contributed by atoms with van der Waals surface area (Å²) in [7, 11) is 1.59. The molecule has 0 aliphatic rings. The number of nitrogens with zero attached hydrogens (tertiary/aromatic N) is 2. The molecule has 0 radical (unpaired) electrons. The number of halogens is 2. The average Bonchev–Trinajstić information content (AvgIpc) is 3.14. The molecule has 2 aromatic carbocycles. The van der Waals surface area contributed by atoms with Gasteiger partial charge in [0.25, 0.3) is 5.89 Å². The first kappa shape index (κ1) is 18.2. The van der Waals surface area contributed by atoms with Crippen molar-refractivity contribution in [1.82, 2.24) is 10.2 Å². The first-order valence-corrected chi connectivity index (χ1v) is 8.37. The standard InChI is InChI=1S/C18H14Cl2N2O4/c1-10(25-18(23)14-9-12(19)5-8-15(14)20)16-21-22-17(26-16)11-3-6-13(24-2)7-4-11/h3-10H,1-2H3/t10-/m1/s1. The number of hydrogen-bond acceptors (Lipinski definition) is 6. The number of aromatic nitrogens is 2. The van der Waals surface area contributed by atoms with E-state index in [9.17, 15) is 4.79 Å². The van der Waals surface area contributed by atoms with Crippen molar-refractivity contribution in [1.29, 1.82) is 0 Å². The van der Waals surface area contributed by atoms with Crippen molar-refractivity contribution in [3.63, 3.8) is 0 Å². The third-order valence-electron chi connectivity index (χ3n) is 3.56. The van der Waals surface area contributed by atoms with Crippen molar-refractivity contribution in [2.24, 2.45) is 0 Å². The Morgan fingerprint density at radius 1 is 1.12 bits per heavy atom. The number of carbonyl (C=O) groups excluding carboxylic acids is 1. The molecule has 6 nitrogen and oxygen atoms in total. The van der Waals surface area contributed by atoms with Gasteiger partial charge in [0.15, 0.2) is 6.10 Å². The van der Waals surface area contributed by atoms with Crippen LogP contribution < -0.4 is 4.74 Å². The molecule has 0 N–H and O–H groups in total. The Kier molecular flexibility index (Phi) is 5.44. The maximum atomic E-state index is 12.3. The molecule has 0 saturated heterocycles. The Hall–Kier alpha value is -2.57. The molecule has 1 heterocycles. The van der Waals surface area contributed by atoms with E-state index in [-0.39, 0.29) is 16.5 Å². The molecule has 0 fully saturated rings. The predicted octanol–water partition coefficient (Wildman–Crippen LogP) is 4.97. The van der Waals surface area contributed by atoms with Gasteiger partial charge in [0.1, 0.15) is 5.75 Å². The van der Waals surface area contributed by atoms with E-state index in [1.54, 1.807) is 44.4 Å². The lowest BCUT2D eigenvalue weighted by Gasteiger charge is -2.10. The predicted molar refractivity (Wildman–Crippen MR) is 96.6 cm³/mol. The van der Waals surface area contributed by atoms with E-state index in [2.05, 4.69) is 10.2 Å². The van der Waals surface area contributed by atoms with Crippen LogP contribution in [-0.2, 0) is 4.74 Å². The van der Waals surface area contributed by atoms with Gasteiger partial charge in [-0.1, -0.05) is 23.2 Å². The molecule has 0 aliphatic heterocycles. The zero-order valence-electron chi connectivity index (χ0n) is 13.9. The molecule has 0 amide bonds. The molecule has 0 aliphatic carbocycles. The third-order valence-corrected chi connectivity index (χ3v) is 4.12. The second-order valence-corrected chi connectivity index (χ2v) is 6.19. The summed E-state index contributed by atoms with van der Waals surface area (Å²) in [6, 6.07) is 11.7. The molecular formula is C18H14Cl2N2O4. The molecule has 3 aromatic rings. The molecule has 1 aromatic heterocycles. The highest BCUT2D eigenvalue weighted by Crippen LogP contribution is 2.26. The van der Waals surface area contributed by atoms with Gasteiger partial charge in [0.2, 0.25) is 5.89 Å². The first-order valence-electron chi connectivity index (χ1n) is 7.62. The quantitative estimate of drug-likeness (QED) is 0.570. The molecule has 0 spiro atoms. The van der Waals surface area contributed by atoms with E-state index in [0.29, 0.717) is 16.7 Å². The van der Waals surface area contributed by atoms with Crippen LogP contribution in [0.25, 0.3) is 11.5 Å². The lowest BCUT2D eigenvalue weighted by molar-refractivity contribution is 0.0280. The topological polar surface area (TPSA) is 74.5 Å². The summed E-state index contributed by atoms with van der Waals surface area (Å²) < 4.78 is 16.1. The fourth-order valence-corrected chi connectivity index (χ4v) is 2.54. The Bertz CT molecular complexity index is 925. The van der Waals surface area contributed by atoms with Crippen LogP contribution in [0.15, 0.2) is 46.9 Å². The monoisotopic (exact) mass is 392 g/mol. The minimum absolute atomic E-state index is 0.168. The van der Waals surface area contributed by atoms with E-state index < -0.39 is 12.1 Å². The number of benzene rings is 2. The van der Waals surface area contributed by atoms with Gasteiger partial charge in [-0.2, -0.15) is 0 Å². The summed E-state index contributed by atoms with van der Waals surface area (Å²) in [6.45, 7) is 1.63. The lowest BCUT2D eigenvalue weighted by atomic mass is 10.2. The van der Waals surface area contributed by atoms with Crippen molar-refractivity contribution in [2.45, 2.75) is 13.0 Å². The molecule has 26 heavy (non-hydrogen) atoms. The average molecular weight is 393 g/mol. The second-order valence-electron chi connectivity index (χ2n) is 5.35. The smallest absolute Gasteiger partial charge is 0.340 e. The van der Waals surface area contributed by atoms with E-state index >= 15 is 0 Å². The number of hydrogen-bond donors (Lipinski definition) is 0. The normalized spacial score (nSPS) is 11.8. The fraction of sp³-hybridized carbons (Fsp3) is 0.167. The Morgan fingerprint density at radius 2 is 1.85 bits per heavy atom. The van der Waals surface area contributed by atoms with Gasteiger partial charge in [0, 0.05) is 10.6 Å². The van der Waals surface area contributed by atoms with Crippen LogP contribution in [0.5, 0.6) is 5.75 Å². The van der Waals surface area contributed by atoms with Crippen LogP contribution in [-0.4, -0.2) is 23.3 Å². The maximum Gasteiger partial charge on any atom is 0.340 e. The highest BCUT2D eigenvalue weighted by Gasteiger charge is 2.21. The molecule has 8 heteroatoms. The van der Waals surface area contributed by atoms with E-state index in [4.69, 9.17) is 37.1 Å². The van der Waals surface area contributed by atoms with Crippen LogP contribution in [0.4, 0.5) is 0 Å². The SMILES string of the molecule is COc1ccc(-c2nnc([C@@H](C)OC(=O)c3cc(Cl)ccc3Cl)o2)cc1. The Morgan fingerprint density at radius 3 is 2.54 bits per heavy atom. The number of carbonyl (C=O) groups is 1. The van der Waals surface area contributed by atoms with Crippen LogP contribution in [0.2, 0.25) is 10.0 Å². The van der Waals surface area contributed by atoms with Crippen molar-refractivity contribution in [3.8, 4) is 17.2 Å². The number of esters is 1. The van der Waals surface area contributed by atoms with Crippen LogP contribution in [0.3, 0.4) is 0 Å². The summed E-state index contributed by atoms with van der Waals surface area (Å²) in [5.74, 6) is 0.567. The molecule has 0 bridgehead atoms. The summed E-state index contributed by atoms with van der Waals surface area (Å²) in [5, 5.41) is 8.55. The molecule has 3 rings (SSSR count). The zero-order chi connectivity index (χ0) is 18.7. The minimum atomic E-state index is -0.753. The highest BCUT2D eigenvalue weighted by atomic mass is 35.5. The van der Waals surface area contributed by atoms with E-state index in [1.165, 1.54) is 12.1 Å². The zero-order valence-corrected chi connectivity index (χ0v) is 15.4. The largest absolute Gasteiger partial charge is 0.497 e. The molecule has 1 atom stereocenters. The summed E-state index contributed by atoms with van der Waals surface area (Å²) >= 11 is 11.9. The van der Waals surface area contributed by atoms with Gasteiger partial charge in [-0.05, 0) is 49.4 Å². The van der Waals surface area contributed by atoms with Crippen LogP contribution >= 0.6 is 23.2 Å². The molecule has 0 unspecified atom stereocenters. The second kappa shape index (κ2) is 7.76. The number of rotatable bonds is 5. The summed E-state index contributed by atoms with van der Waals surface area (Å²) in [4.78, 5) is 12.3. The highest BCUT2D eigenvalue weighted by molar-refractivity contribution is 6.35. The van der Waals surface area contributed by atoms with Crippen molar-refractivity contribution in [2.75, 3.05) is 7.11 Å². The molecule has 0 saturated carbocycles. The van der Waals surface area contributed by atoms with E-state index in [0.717, 1.165) is 5.56 Å². The summed E-state index contributed by atoms with van der Waals surface area (Å²) in [5.41, 5.74) is 0.891. The van der Waals surface area contributed by atoms with Gasteiger partial charge in [0.05, 0.1) is 17.7 Å². The van der Waals surface area contributed by atoms with Crippen LogP contribution in [0.1, 0.15) is 29.3 Å². The number of methoxy groups -OCH3 is 1. The van der Waals surface area contributed by atoms with Gasteiger partial charge in [-0.25, -0.2) is 4.79 Å². The van der Waals surface area contributed by atoms with Crippen molar-refractivity contribution in [3.05, 3.63) is 64.0 Å². The summed E-state index contributed by atoms with van der Waals surface area (Å²) in [6.07, 6.45) is -0.753. The van der Waals surface area contributed by atoms with Crippen molar-refractivity contribution >= 4 is 29.2 Å². The minimum Gasteiger partial charge on any atom is -0.497 e. The van der Waals surface area contributed by atoms with Gasteiger partial charge < -0.3 is 13.9 Å². The van der Waals surface area contributed by atoms with E-state index in [1.807, 2.05) is 0 Å². The van der Waals surface area contributed by atoms with Gasteiger partial charge >= 0.3 is 5.97 Å². The maximum absolute atomic E-state index is 12.3. The molecule has 134 valence electrons. The molecular weight excluding hydrogens is 379 g/mol. The van der Waals surface area contributed by atoms with Crippen LogP contribution in [0, 0.1) is 0 Å². The third kappa shape index (κ3) is 3.98. The lowest BCUT2D eigenvalue weighted by Crippen LogP contribution is -2.10. The van der Waals surface area contributed by atoms with Gasteiger partial charge in [-0.15, -0.1) is 10.2 Å².